The van der Waals surface area contributed by atoms with Crippen LogP contribution < -0.4 is 20.1 Å². The Balaban J connectivity index is 1.45. The van der Waals surface area contributed by atoms with Crippen LogP contribution in [0, 0.1) is 6.92 Å². The molecule has 0 radical (unpaired) electrons. The van der Waals surface area contributed by atoms with Crippen LogP contribution >= 0.6 is 0 Å². The molecule has 150 valence electrons. The van der Waals surface area contributed by atoms with Gasteiger partial charge in [0.05, 0.1) is 12.8 Å². The molecule has 0 aliphatic rings. The molecule has 0 aliphatic heterocycles. The number of ether oxygens (including phenoxy) is 2. The molecular formula is C24H22N4O2. The fraction of sp³-hybridized carbons (Fsp3) is 0.0833. The highest BCUT2D eigenvalue weighted by molar-refractivity contribution is 5.66. The van der Waals surface area contributed by atoms with Gasteiger partial charge in [-0.25, -0.2) is 4.98 Å². The normalized spacial score (nSPS) is 10.3. The van der Waals surface area contributed by atoms with Gasteiger partial charge >= 0.3 is 0 Å². The molecule has 1 heterocycles. The highest BCUT2D eigenvalue weighted by Gasteiger charge is 2.06. The minimum atomic E-state index is 0.489. The Morgan fingerprint density at radius 3 is 2.33 bits per heavy atom. The molecule has 30 heavy (non-hydrogen) atoms. The van der Waals surface area contributed by atoms with Crippen LogP contribution in [0.5, 0.6) is 17.2 Å². The van der Waals surface area contributed by atoms with Crippen molar-refractivity contribution >= 4 is 23.1 Å². The van der Waals surface area contributed by atoms with Crippen LogP contribution in [0.15, 0.2) is 85.1 Å². The standard InChI is InChI=1S/C24H22N4O2/c1-17-8-13-22(29-2)21(16-17)27-23-14-15-25-24(28-23)26-18-9-11-20(12-10-18)30-19-6-4-3-5-7-19/h3-16H,1-2H3,(H2,25,26,27,28). The maximum absolute atomic E-state index is 5.82. The van der Waals surface area contributed by atoms with Crippen molar-refractivity contribution in [3.63, 3.8) is 0 Å². The molecule has 0 unspecified atom stereocenters. The zero-order valence-corrected chi connectivity index (χ0v) is 16.8. The molecule has 3 aromatic carbocycles. The third kappa shape index (κ3) is 4.86. The molecule has 6 nitrogen and oxygen atoms in total. The second kappa shape index (κ2) is 8.96. The van der Waals surface area contributed by atoms with Crippen LogP contribution in [0.25, 0.3) is 0 Å². The van der Waals surface area contributed by atoms with E-state index < -0.39 is 0 Å². The number of nitrogens with one attached hydrogen (secondary N) is 2. The van der Waals surface area contributed by atoms with E-state index in [2.05, 4.69) is 20.6 Å². The highest BCUT2D eigenvalue weighted by atomic mass is 16.5. The van der Waals surface area contributed by atoms with Gasteiger partial charge in [-0.2, -0.15) is 4.98 Å². The third-order valence-electron chi connectivity index (χ3n) is 4.36. The van der Waals surface area contributed by atoms with Gasteiger partial charge in [0.1, 0.15) is 23.1 Å². The number of methoxy groups -OCH3 is 1. The smallest absolute Gasteiger partial charge is 0.229 e. The maximum atomic E-state index is 5.82. The molecule has 0 saturated heterocycles. The first-order valence-electron chi connectivity index (χ1n) is 9.54. The van der Waals surface area contributed by atoms with E-state index in [1.807, 2.05) is 85.8 Å². The highest BCUT2D eigenvalue weighted by Crippen LogP contribution is 2.28. The zero-order chi connectivity index (χ0) is 20.8. The summed E-state index contributed by atoms with van der Waals surface area (Å²) < 4.78 is 11.2. The third-order valence-corrected chi connectivity index (χ3v) is 4.36. The molecule has 4 aromatic rings. The van der Waals surface area contributed by atoms with Crippen molar-refractivity contribution in [3.8, 4) is 17.2 Å². The quantitative estimate of drug-likeness (QED) is 0.394. The maximum Gasteiger partial charge on any atom is 0.229 e. The first-order valence-corrected chi connectivity index (χ1v) is 9.54. The predicted molar refractivity (Wildman–Crippen MR) is 119 cm³/mol. The van der Waals surface area contributed by atoms with E-state index in [1.165, 1.54) is 0 Å². The SMILES string of the molecule is COc1ccc(C)cc1Nc1ccnc(Nc2ccc(Oc3ccccc3)cc2)n1. The number of hydrogen-bond acceptors (Lipinski definition) is 6. The summed E-state index contributed by atoms with van der Waals surface area (Å²) in [4.78, 5) is 8.84. The summed E-state index contributed by atoms with van der Waals surface area (Å²) >= 11 is 0. The van der Waals surface area contributed by atoms with Gasteiger partial charge in [0.2, 0.25) is 5.95 Å². The lowest BCUT2D eigenvalue weighted by Gasteiger charge is -2.12. The number of anilines is 4. The number of nitrogens with zero attached hydrogens (tertiary/aromatic N) is 2. The van der Waals surface area contributed by atoms with Gasteiger partial charge in [-0.15, -0.1) is 0 Å². The van der Waals surface area contributed by atoms with Gasteiger partial charge in [-0.1, -0.05) is 24.3 Å². The van der Waals surface area contributed by atoms with Crippen LogP contribution in [0.4, 0.5) is 23.1 Å². The lowest BCUT2D eigenvalue weighted by atomic mass is 10.2. The lowest BCUT2D eigenvalue weighted by molar-refractivity contribution is 0.416. The Hall–Kier alpha value is -4.06. The van der Waals surface area contributed by atoms with E-state index in [4.69, 9.17) is 9.47 Å². The molecule has 6 heteroatoms. The summed E-state index contributed by atoms with van der Waals surface area (Å²) in [6, 6.07) is 25.1. The lowest BCUT2D eigenvalue weighted by Crippen LogP contribution is -2.01. The van der Waals surface area contributed by atoms with Crippen LogP contribution in [-0.2, 0) is 0 Å². The first kappa shape index (κ1) is 19.3. The average Bonchev–Trinajstić information content (AvgIpc) is 2.76. The van der Waals surface area contributed by atoms with E-state index in [1.54, 1.807) is 13.3 Å². The molecule has 0 aliphatic carbocycles. The summed E-state index contributed by atoms with van der Waals surface area (Å²) in [6.45, 7) is 2.03. The minimum absolute atomic E-state index is 0.489. The van der Waals surface area contributed by atoms with Gasteiger partial charge < -0.3 is 20.1 Å². The van der Waals surface area contributed by atoms with Gasteiger partial charge in [-0.3, -0.25) is 0 Å². The van der Waals surface area contributed by atoms with E-state index >= 15 is 0 Å². The molecule has 2 N–H and O–H groups in total. The zero-order valence-electron chi connectivity index (χ0n) is 16.8. The number of benzene rings is 3. The van der Waals surface area contributed by atoms with Crippen molar-refractivity contribution in [1.82, 2.24) is 9.97 Å². The fourth-order valence-electron chi connectivity index (χ4n) is 2.91. The summed E-state index contributed by atoms with van der Waals surface area (Å²) in [7, 11) is 1.65. The van der Waals surface area contributed by atoms with Gasteiger partial charge in [0.25, 0.3) is 0 Å². The Labute approximate surface area is 175 Å². The summed E-state index contributed by atoms with van der Waals surface area (Å²) in [5.74, 6) is 3.47. The van der Waals surface area contributed by atoms with Crippen molar-refractivity contribution < 1.29 is 9.47 Å². The average molecular weight is 398 g/mol. The van der Waals surface area contributed by atoms with Crippen LogP contribution in [0.3, 0.4) is 0 Å². The van der Waals surface area contributed by atoms with Gasteiger partial charge in [0, 0.05) is 11.9 Å². The van der Waals surface area contributed by atoms with E-state index in [0.29, 0.717) is 11.8 Å². The van der Waals surface area contributed by atoms with Crippen LogP contribution in [0.2, 0.25) is 0 Å². The Kier molecular flexibility index (Phi) is 5.75. The number of rotatable bonds is 7. The molecule has 0 amide bonds. The number of para-hydroxylation sites is 1. The second-order valence-electron chi connectivity index (χ2n) is 6.66. The Bertz CT molecular complexity index is 1120. The van der Waals surface area contributed by atoms with E-state index in [9.17, 15) is 0 Å². The minimum Gasteiger partial charge on any atom is -0.495 e. The largest absolute Gasteiger partial charge is 0.495 e. The number of hydrogen-bond donors (Lipinski definition) is 2. The Morgan fingerprint density at radius 2 is 1.57 bits per heavy atom. The summed E-state index contributed by atoms with van der Waals surface area (Å²) in [5, 5.41) is 6.50. The molecular weight excluding hydrogens is 376 g/mol. The molecule has 0 spiro atoms. The molecule has 0 fully saturated rings. The monoisotopic (exact) mass is 398 g/mol. The van der Waals surface area contributed by atoms with Crippen molar-refractivity contribution in [3.05, 3.63) is 90.6 Å². The molecule has 1 aromatic heterocycles. The van der Waals surface area contributed by atoms with Crippen molar-refractivity contribution in [2.75, 3.05) is 17.7 Å². The van der Waals surface area contributed by atoms with Crippen LogP contribution in [0.1, 0.15) is 5.56 Å². The summed E-state index contributed by atoms with van der Waals surface area (Å²) in [6.07, 6.45) is 1.70. The fourth-order valence-corrected chi connectivity index (χ4v) is 2.91. The molecule has 0 atom stereocenters. The topological polar surface area (TPSA) is 68.3 Å². The summed E-state index contributed by atoms with van der Waals surface area (Å²) in [5.41, 5.74) is 2.84. The van der Waals surface area contributed by atoms with E-state index in [0.717, 1.165) is 34.2 Å². The van der Waals surface area contributed by atoms with Crippen molar-refractivity contribution in [1.29, 1.82) is 0 Å². The number of aromatic nitrogens is 2. The van der Waals surface area contributed by atoms with Crippen LogP contribution in [-0.4, -0.2) is 17.1 Å². The van der Waals surface area contributed by atoms with Gasteiger partial charge in [-0.05, 0) is 67.1 Å². The Morgan fingerprint density at radius 1 is 0.800 bits per heavy atom. The second-order valence-corrected chi connectivity index (χ2v) is 6.66. The molecule has 0 saturated carbocycles. The van der Waals surface area contributed by atoms with E-state index in [-0.39, 0.29) is 0 Å². The predicted octanol–water partition coefficient (Wildman–Crippen LogP) is 6.07. The molecule has 0 bridgehead atoms. The molecule has 4 rings (SSSR count). The van der Waals surface area contributed by atoms with Gasteiger partial charge in [0.15, 0.2) is 0 Å². The first-order chi connectivity index (χ1) is 14.7. The van der Waals surface area contributed by atoms with Crippen molar-refractivity contribution in [2.45, 2.75) is 6.92 Å². The van der Waals surface area contributed by atoms with Crippen molar-refractivity contribution in [2.24, 2.45) is 0 Å². The number of aryl methyl sites for hydroxylation is 1.